The van der Waals surface area contributed by atoms with Crippen LogP contribution in [0.5, 0.6) is 11.8 Å². The standard InChI is InChI=1S/C25H30N6O4/c1-25(2,33)15-35-18-8-9-26-21(11-18)22-29-20-7-5-6-19(20)23(30-22)31(3)14-17(32)10-16-12-27-24(34-4)28-13-16/h8-9,11-13,33H,5-7,10,14-15H2,1-4H3. The van der Waals surface area contributed by atoms with Gasteiger partial charge in [-0.1, -0.05) is 0 Å². The van der Waals surface area contributed by atoms with Crippen molar-refractivity contribution in [2.24, 2.45) is 0 Å². The van der Waals surface area contributed by atoms with Gasteiger partial charge in [0, 0.05) is 49.4 Å². The third-order valence-corrected chi connectivity index (χ3v) is 5.50. The van der Waals surface area contributed by atoms with Crippen LogP contribution in [0.25, 0.3) is 11.5 Å². The first-order chi connectivity index (χ1) is 16.7. The van der Waals surface area contributed by atoms with Crippen molar-refractivity contribution in [3.63, 3.8) is 0 Å². The minimum atomic E-state index is -0.951. The van der Waals surface area contributed by atoms with Gasteiger partial charge < -0.3 is 19.5 Å². The molecule has 35 heavy (non-hydrogen) atoms. The summed E-state index contributed by atoms with van der Waals surface area (Å²) in [5, 5.41) is 9.95. The number of carbonyl (C=O) groups excluding carboxylic acids is 1. The number of ketones is 1. The summed E-state index contributed by atoms with van der Waals surface area (Å²) in [6, 6.07) is 3.77. The van der Waals surface area contributed by atoms with Gasteiger partial charge in [0.15, 0.2) is 11.6 Å². The van der Waals surface area contributed by atoms with E-state index in [1.165, 1.54) is 7.11 Å². The Morgan fingerprint density at radius 1 is 1.17 bits per heavy atom. The van der Waals surface area contributed by atoms with E-state index in [-0.39, 0.29) is 31.4 Å². The molecule has 184 valence electrons. The number of aromatic nitrogens is 5. The Labute approximate surface area is 204 Å². The Hall–Kier alpha value is -3.66. The van der Waals surface area contributed by atoms with Crippen LogP contribution in [0.3, 0.4) is 0 Å². The number of anilines is 1. The maximum atomic E-state index is 12.8. The van der Waals surface area contributed by atoms with Gasteiger partial charge in [0.05, 0.1) is 19.3 Å². The molecule has 0 radical (unpaired) electrons. The molecular formula is C25H30N6O4. The largest absolute Gasteiger partial charge is 0.490 e. The molecule has 1 N–H and O–H groups in total. The third kappa shape index (κ3) is 6.27. The summed E-state index contributed by atoms with van der Waals surface area (Å²) >= 11 is 0. The molecule has 1 aliphatic rings. The normalized spacial score (nSPS) is 12.8. The smallest absolute Gasteiger partial charge is 0.316 e. The van der Waals surface area contributed by atoms with Crippen molar-refractivity contribution in [2.45, 2.75) is 45.1 Å². The molecular weight excluding hydrogens is 448 g/mol. The Morgan fingerprint density at radius 2 is 1.94 bits per heavy atom. The molecule has 0 aromatic carbocycles. The van der Waals surface area contributed by atoms with Gasteiger partial charge in [-0.25, -0.2) is 19.9 Å². The maximum Gasteiger partial charge on any atom is 0.316 e. The van der Waals surface area contributed by atoms with E-state index in [2.05, 4.69) is 15.0 Å². The monoisotopic (exact) mass is 478 g/mol. The lowest BCUT2D eigenvalue weighted by Gasteiger charge is -2.21. The van der Waals surface area contributed by atoms with Gasteiger partial charge in [0.1, 0.15) is 23.9 Å². The maximum absolute atomic E-state index is 12.8. The topological polar surface area (TPSA) is 123 Å². The van der Waals surface area contributed by atoms with Crippen LogP contribution in [-0.4, -0.2) is 68.7 Å². The predicted octanol–water partition coefficient (Wildman–Crippen LogP) is 2.22. The highest BCUT2D eigenvalue weighted by Crippen LogP contribution is 2.31. The van der Waals surface area contributed by atoms with E-state index in [9.17, 15) is 9.90 Å². The second-order valence-electron chi connectivity index (χ2n) is 9.28. The number of aryl methyl sites for hydroxylation is 1. The lowest BCUT2D eigenvalue weighted by molar-refractivity contribution is -0.117. The minimum Gasteiger partial charge on any atom is -0.490 e. The van der Waals surface area contributed by atoms with Crippen LogP contribution in [0.1, 0.15) is 37.1 Å². The van der Waals surface area contributed by atoms with Gasteiger partial charge in [0.25, 0.3) is 0 Å². The van der Waals surface area contributed by atoms with Crippen LogP contribution in [-0.2, 0) is 24.1 Å². The zero-order valence-corrected chi connectivity index (χ0v) is 20.5. The average Bonchev–Trinajstić information content (AvgIpc) is 3.31. The van der Waals surface area contributed by atoms with Gasteiger partial charge in [-0.15, -0.1) is 0 Å². The average molecular weight is 479 g/mol. The van der Waals surface area contributed by atoms with Crippen LogP contribution in [0, 0.1) is 0 Å². The number of rotatable bonds is 10. The summed E-state index contributed by atoms with van der Waals surface area (Å²) in [6.07, 6.45) is 7.78. The van der Waals surface area contributed by atoms with E-state index in [1.54, 1.807) is 44.6 Å². The molecule has 0 saturated heterocycles. The number of Topliss-reactive ketones (excluding diaryl/α,β-unsaturated/α-hetero) is 1. The van der Waals surface area contributed by atoms with Gasteiger partial charge in [-0.2, -0.15) is 0 Å². The Balaban J connectivity index is 1.53. The first-order valence-corrected chi connectivity index (χ1v) is 11.5. The molecule has 0 aliphatic heterocycles. The molecule has 10 heteroatoms. The Morgan fingerprint density at radius 3 is 2.66 bits per heavy atom. The van der Waals surface area contributed by atoms with Crippen LogP contribution in [0.4, 0.5) is 5.82 Å². The predicted molar refractivity (Wildman–Crippen MR) is 130 cm³/mol. The number of methoxy groups -OCH3 is 1. The molecule has 10 nitrogen and oxygen atoms in total. The molecule has 3 heterocycles. The molecule has 0 bridgehead atoms. The highest BCUT2D eigenvalue weighted by atomic mass is 16.5. The van der Waals surface area contributed by atoms with Crippen molar-refractivity contribution in [3.05, 3.63) is 47.5 Å². The summed E-state index contributed by atoms with van der Waals surface area (Å²) in [5.41, 5.74) is 2.41. The zero-order chi connectivity index (χ0) is 25.0. The molecule has 0 amide bonds. The Kier molecular flexibility index (Phi) is 7.20. The molecule has 0 unspecified atom stereocenters. The highest BCUT2D eigenvalue weighted by molar-refractivity contribution is 5.85. The van der Waals surface area contributed by atoms with Crippen molar-refractivity contribution >= 4 is 11.6 Å². The molecule has 0 atom stereocenters. The Bertz CT molecular complexity index is 1190. The van der Waals surface area contributed by atoms with Crippen molar-refractivity contribution in [1.82, 2.24) is 24.9 Å². The summed E-state index contributed by atoms with van der Waals surface area (Å²) < 4.78 is 10.7. The van der Waals surface area contributed by atoms with Crippen molar-refractivity contribution in [3.8, 4) is 23.3 Å². The molecule has 0 spiro atoms. The number of carbonyl (C=O) groups is 1. The van der Waals surface area contributed by atoms with Gasteiger partial charge in [0.2, 0.25) is 0 Å². The molecule has 3 aromatic rings. The molecule has 3 aromatic heterocycles. The van der Waals surface area contributed by atoms with E-state index in [0.29, 0.717) is 17.3 Å². The number of hydrogen-bond donors (Lipinski definition) is 1. The van der Waals surface area contributed by atoms with E-state index >= 15 is 0 Å². The van der Waals surface area contributed by atoms with Crippen molar-refractivity contribution in [2.75, 3.05) is 32.2 Å². The zero-order valence-electron chi connectivity index (χ0n) is 20.5. The highest BCUT2D eigenvalue weighted by Gasteiger charge is 2.24. The number of pyridine rings is 1. The van der Waals surface area contributed by atoms with E-state index in [4.69, 9.17) is 19.4 Å². The minimum absolute atomic E-state index is 0.0216. The van der Waals surface area contributed by atoms with E-state index < -0.39 is 5.60 Å². The molecule has 0 saturated carbocycles. The fraction of sp³-hybridized carbons (Fsp3) is 0.440. The van der Waals surface area contributed by atoms with E-state index in [0.717, 1.165) is 41.9 Å². The first kappa shape index (κ1) is 24.5. The molecule has 1 aliphatic carbocycles. The van der Waals surface area contributed by atoms with E-state index in [1.807, 2.05) is 11.9 Å². The summed E-state index contributed by atoms with van der Waals surface area (Å²) in [5.74, 6) is 1.82. The van der Waals surface area contributed by atoms with Gasteiger partial charge in [-0.3, -0.25) is 9.78 Å². The van der Waals surface area contributed by atoms with Crippen LogP contribution in [0.15, 0.2) is 30.7 Å². The van der Waals surface area contributed by atoms with Crippen LogP contribution >= 0.6 is 0 Å². The molecule has 4 rings (SSSR count). The number of hydrogen-bond acceptors (Lipinski definition) is 10. The second kappa shape index (κ2) is 10.3. The molecule has 0 fully saturated rings. The number of likely N-dealkylation sites (N-methyl/N-ethyl adjacent to an activating group) is 1. The van der Waals surface area contributed by atoms with Crippen molar-refractivity contribution < 1.29 is 19.4 Å². The summed E-state index contributed by atoms with van der Waals surface area (Å²) in [7, 11) is 3.36. The van der Waals surface area contributed by atoms with Gasteiger partial charge >= 0.3 is 6.01 Å². The first-order valence-electron chi connectivity index (χ1n) is 11.5. The quantitative estimate of drug-likeness (QED) is 0.464. The third-order valence-electron chi connectivity index (χ3n) is 5.50. The van der Waals surface area contributed by atoms with Crippen LogP contribution < -0.4 is 14.4 Å². The number of ether oxygens (including phenoxy) is 2. The lowest BCUT2D eigenvalue weighted by atomic mass is 10.1. The second-order valence-corrected chi connectivity index (χ2v) is 9.28. The lowest BCUT2D eigenvalue weighted by Crippen LogP contribution is -2.29. The number of nitrogens with zero attached hydrogens (tertiary/aromatic N) is 6. The van der Waals surface area contributed by atoms with Crippen LogP contribution in [0.2, 0.25) is 0 Å². The summed E-state index contributed by atoms with van der Waals surface area (Å²) in [6.45, 7) is 3.71. The van der Waals surface area contributed by atoms with Gasteiger partial charge in [-0.05, 0) is 44.7 Å². The number of fused-ring (bicyclic) bond motifs is 1. The SMILES string of the molecule is COc1ncc(CC(=O)CN(C)c2nc(-c3cc(OCC(C)(C)O)ccn3)nc3c2CCC3)cn1. The summed E-state index contributed by atoms with van der Waals surface area (Å²) in [4.78, 5) is 36.8. The fourth-order valence-corrected chi connectivity index (χ4v) is 3.89. The number of aliphatic hydroxyl groups is 1. The fourth-order valence-electron chi connectivity index (χ4n) is 3.89. The van der Waals surface area contributed by atoms with Crippen molar-refractivity contribution in [1.29, 1.82) is 0 Å².